The fourth-order valence-corrected chi connectivity index (χ4v) is 10.3. The minimum Gasteiger partial charge on any atom is -0.456 e. The second-order valence-corrected chi connectivity index (χ2v) is 16.5. The van der Waals surface area contributed by atoms with Crippen LogP contribution in [0.1, 0.15) is 45.1 Å². The van der Waals surface area contributed by atoms with Crippen LogP contribution in [0, 0.1) is 39.0 Å². The van der Waals surface area contributed by atoms with Gasteiger partial charge in [-0.25, -0.2) is 5.32 Å². The topological polar surface area (TPSA) is 61.8 Å². The van der Waals surface area contributed by atoms with Crippen molar-refractivity contribution in [2.45, 2.75) is 33.9 Å². The molecule has 0 amide bonds. The van der Waals surface area contributed by atoms with E-state index >= 15 is 0 Å². The molecule has 11 aromatic rings. The van der Waals surface area contributed by atoms with E-state index in [1.165, 1.54) is 32.7 Å². The molecule has 0 spiro atoms. The number of aromatic nitrogens is 2. The van der Waals surface area contributed by atoms with Gasteiger partial charge in [0, 0.05) is 32.3 Å². The summed E-state index contributed by atoms with van der Waals surface area (Å²) < 4.78 is 13.6. The van der Waals surface area contributed by atoms with E-state index in [2.05, 4.69) is 198 Å². The second-order valence-electron chi connectivity index (χ2n) is 16.5. The van der Waals surface area contributed by atoms with Crippen LogP contribution in [-0.2, 0) is 0 Å². The molecule has 3 aromatic heterocycles. The molecule has 6 nitrogen and oxygen atoms in total. The Morgan fingerprint density at radius 1 is 0.525 bits per heavy atom. The molecule has 4 heterocycles. The van der Waals surface area contributed by atoms with Crippen LogP contribution < -0.4 is 5.32 Å². The lowest BCUT2D eigenvalue weighted by Crippen LogP contribution is -2.51. The number of amidine groups is 1. The van der Waals surface area contributed by atoms with Gasteiger partial charge in [-0.15, -0.1) is 0 Å². The van der Waals surface area contributed by atoms with Crippen LogP contribution in [0.25, 0.3) is 76.9 Å². The van der Waals surface area contributed by atoms with Crippen molar-refractivity contribution < 1.29 is 8.99 Å². The molecule has 1 N–H and O–H groups in total. The van der Waals surface area contributed by atoms with Crippen molar-refractivity contribution in [2.24, 2.45) is 0 Å². The largest absolute Gasteiger partial charge is 0.456 e. The van der Waals surface area contributed by atoms with Gasteiger partial charge in [0.2, 0.25) is 0 Å². The minimum absolute atomic E-state index is 0.218. The SMILES string of the molecule is Cc1cccc2c3cccc(C)c3n(-c3cc(-n4c5c(C)cccc5c5cccc(C)c54)c(C4=[N+](c5ccccc5)C(c5cccc6oc7ccccc7c56)N4)cc3C#N)c12. The maximum absolute atomic E-state index is 11.3. The van der Waals surface area contributed by atoms with Crippen molar-refractivity contribution in [3.8, 4) is 17.4 Å². The van der Waals surface area contributed by atoms with E-state index in [0.717, 1.165) is 89.2 Å². The molecule has 0 saturated carbocycles. The van der Waals surface area contributed by atoms with E-state index in [1.54, 1.807) is 0 Å². The summed E-state index contributed by atoms with van der Waals surface area (Å²) in [4.78, 5) is 0. The van der Waals surface area contributed by atoms with Crippen molar-refractivity contribution in [1.82, 2.24) is 14.5 Å². The standard InChI is InChI=1S/C55H39N5O/c1-32-15-10-22-38-39-23-11-16-33(2)51(39)59(50(32)38)45-30-46(60-52-34(3)17-12-24-40(52)41-25-13-18-35(4)53(41)60)44(29-36(45)31-56)55-57-54(58(55)37-19-6-5-7-20-37)43-26-14-28-48-49(43)42-21-8-9-27-47(42)61-48/h5-30,54H,1-4H3/p+1. The third-order valence-electron chi connectivity index (χ3n) is 12.9. The first-order valence-corrected chi connectivity index (χ1v) is 20.9. The fourth-order valence-electron chi connectivity index (χ4n) is 10.3. The van der Waals surface area contributed by atoms with Gasteiger partial charge in [0.1, 0.15) is 22.9 Å². The van der Waals surface area contributed by atoms with Gasteiger partial charge >= 0.3 is 0 Å². The van der Waals surface area contributed by atoms with Crippen LogP contribution in [0.2, 0.25) is 0 Å². The molecule has 0 aliphatic carbocycles. The highest BCUT2D eigenvalue weighted by Crippen LogP contribution is 2.44. The highest BCUT2D eigenvalue weighted by molar-refractivity contribution is 6.15. The summed E-state index contributed by atoms with van der Waals surface area (Å²) in [5.74, 6) is 0.922. The van der Waals surface area contributed by atoms with Gasteiger partial charge < -0.3 is 13.6 Å². The Hall–Kier alpha value is -7.88. The lowest BCUT2D eigenvalue weighted by Gasteiger charge is -2.31. The molecule has 1 unspecified atom stereocenters. The van der Waals surface area contributed by atoms with E-state index < -0.39 is 0 Å². The molecule has 0 bridgehead atoms. The lowest BCUT2D eigenvalue weighted by molar-refractivity contribution is -0.530. The Morgan fingerprint density at radius 2 is 1.02 bits per heavy atom. The molecule has 12 rings (SSSR count). The van der Waals surface area contributed by atoms with E-state index in [1.807, 2.05) is 12.1 Å². The molecule has 0 saturated heterocycles. The Labute approximate surface area is 352 Å². The van der Waals surface area contributed by atoms with E-state index in [9.17, 15) is 5.26 Å². The normalized spacial score (nSPS) is 14.1. The van der Waals surface area contributed by atoms with Crippen LogP contribution in [0.15, 0.2) is 162 Å². The van der Waals surface area contributed by atoms with E-state index in [4.69, 9.17) is 4.42 Å². The third kappa shape index (κ3) is 4.92. The Kier molecular flexibility index (Phi) is 7.51. The highest BCUT2D eigenvalue weighted by Gasteiger charge is 2.44. The minimum atomic E-state index is -0.218. The molecule has 290 valence electrons. The summed E-state index contributed by atoms with van der Waals surface area (Å²) in [7, 11) is 0. The lowest BCUT2D eigenvalue weighted by atomic mass is 9.97. The molecule has 1 atom stereocenters. The molecular formula is C55H40N5O+. The number of furan rings is 1. The van der Waals surface area contributed by atoms with Gasteiger partial charge in [-0.1, -0.05) is 115 Å². The molecule has 0 radical (unpaired) electrons. The van der Waals surface area contributed by atoms with E-state index in [-0.39, 0.29) is 6.17 Å². The monoisotopic (exact) mass is 786 g/mol. The number of fused-ring (bicyclic) bond motifs is 9. The Balaban J connectivity index is 1.24. The Bertz CT molecular complexity index is 3620. The zero-order chi connectivity index (χ0) is 41.1. The molecule has 0 fully saturated rings. The molecule has 1 aliphatic rings. The number of para-hydroxylation sites is 6. The third-order valence-corrected chi connectivity index (χ3v) is 12.9. The van der Waals surface area contributed by atoms with Crippen molar-refractivity contribution in [3.63, 3.8) is 0 Å². The molecular weight excluding hydrogens is 747 g/mol. The summed E-state index contributed by atoms with van der Waals surface area (Å²) in [6.07, 6.45) is -0.218. The van der Waals surface area contributed by atoms with Gasteiger partial charge in [0.25, 0.3) is 12.0 Å². The number of nitrogens with one attached hydrogen (secondary N) is 1. The molecule has 6 heteroatoms. The maximum atomic E-state index is 11.3. The fraction of sp³-hybridized carbons (Fsp3) is 0.0909. The summed E-state index contributed by atoms with van der Waals surface area (Å²) in [6, 6.07) is 58.5. The first kappa shape index (κ1) is 35.1. The van der Waals surface area contributed by atoms with E-state index in [0.29, 0.717) is 5.56 Å². The molecule has 1 aliphatic heterocycles. The predicted octanol–water partition coefficient (Wildman–Crippen LogP) is 13.3. The first-order chi connectivity index (χ1) is 29.9. The number of hydrogen-bond acceptors (Lipinski definition) is 3. The molecule has 61 heavy (non-hydrogen) atoms. The number of aryl methyl sites for hydroxylation is 4. The molecule has 8 aromatic carbocycles. The van der Waals surface area contributed by atoms with Gasteiger partial charge in [0.05, 0.1) is 50.1 Å². The van der Waals surface area contributed by atoms with Crippen LogP contribution in [0.5, 0.6) is 0 Å². The Morgan fingerprint density at radius 3 is 1.59 bits per heavy atom. The van der Waals surface area contributed by atoms with Crippen LogP contribution in [-0.4, -0.2) is 19.5 Å². The number of nitrogens with zero attached hydrogens (tertiary/aromatic N) is 4. The maximum Gasteiger partial charge on any atom is 0.291 e. The number of nitriles is 1. The quantitative estimate of drug-likeness (QED) is 0.177. The summed E-state index contributed by atoms with van der Waals surface area (Å²) >= 11 is 0. The van der Waals surface area contributed by atoms with Gasteiger partial charge in [0.15, 0.2) is 0 Å². The van der Waals surface area contributed by atoms with Gasteiger partial charge in [-0.3, -0.25) is 0 Å². The number of rotatable bonds is 5. The van der Waals surface area contributed by atoms with Gasteiger partial charge in [-0.05, 0) is 92.4 Å². The number of hydrogen-bond donors (Lipinski definition) is 1. The summed E-state index contributed by atoms with van der Waals surface area (Å²) in [5, 5.41) is 22.2. The van der Waals surface area contributed by atoms with Crippen molar-refractivity contribution in [3.05, 3.63) is 197 Å². The average Bonchev–Trinajstić information content (AvgIpc) is 3.94. The van der Waals surface area contributed by atoms with Crippen LogP contribution in [0.3, 0.4) is 0 Å². The average molecular weight is 787 g/mol. The summed E-state index contributed by atoms with van der Waals surface area (Å²) in [5.41, 5.74) is 16.4. The smallest absolute Gasteiger partial charge is 0.291 e. The predicted molar refractivity (Wildman–Crippen MR) is 249 cm³/mol. The van der Waals surface area contributed by atoms with Crippen LogP contribution >= 0.6 is 0 Å². The van der Waals surface area contributed by atoms with Gasteiger partial charge in [-0.2, -0.15) is 9.84 Å². The zero-order valence-corrected chi connectivity index (χ0v) is 34.3. The first-order valence-electron chi connectivity index (χ1n) is 20.9. The summed E-state index contributed by atoms with van der Waals surface area (Å²) in [6.45, 7) is 8.75. The van der Waals surface area contributed by atoms with Crippen molar-refractivity contribution >= 4 is 77.1 Å². The van der Waals surface area contributed by atoms with Crippen molar-refractivity contribution in [2.75, 3.05) is 0 Å². The number of benzene rings is 8. The van der Waals surface area contributed by atoms with Crippen LogP contribution in [0.4, 0.5) is 5.69 Å². The zero-order valence-electron chi connectivity index (χ0n) is 34.3. The van der Waals surface area contributed by atoms with Crippen molar-refractivity contribution in [1.29, 1.82) is 5.26 Å². The second kappa shape index (κ2) is 13.1. The highest BCUT2D eigenvalue weighted by atomic mass is 16.3.